The average Bonchev–Trinajstić information content (AvgIpc) is 3.12. The van der Waals surface area contributed by atoms with Gasteiger partial charge in [-0.2, -0.15) is 0 Å². The van der Waals surface area contributed by atoms with E-state index in [9.17, 15) is 24.5 Å². The molecule has 0 fully saturated rings. The molecule has 0 saturated heterocycles. The van der Waals surface area contributed by atoms with Crippen LogP contribution in [0.25, 0.3) is 0 Å². The number of nitro groups is 1. The molecule has 0 unspecified atom stereocenters. The van der Waals surface area contributed by atoms with Crippen molar-refractivity contribution in [1.82, 2.24) is 9.55 Å². The number of nitrogens with one attached hydrogen (secondary N) is 2. The summed E-state index contributed by atoms with van der Waals surface area (Å²) >= 11 is 0. The lowest BCUT2D eigenvalue weighted by Crippen LogP contribution is -2.39. The Balaban J connectivity index is 1.90. The fourth-order valence-corrected chi connectivity index (χ4v) is 2.27. The maximum absolute atomic E-state index is 12.5. The van der Waals surface area contributed by atoms with Gasteiger partial charge >= 0.3 is 5.69 Å². The van der Waals surface area contributed by atoms with Gasteiger partial charge in [0.2, 0.25) is 0 Å². The molecule has 26 heavy (non-hydrogen) atoms. The number of nitro benzene ring substituents is 1. The van der Waals surface area contributed by atoms with Crippen LogP contribution in [0.3, 0.4) is 0 Å². The molecular formula is C16H12N4O6. The molecule has 1 aromatic carbocycles. The zero-order valence-corrected chi connectivity index (χ0v) is 13.2. The third-order valence-electron chi connectivity index (χ3n) is 3.51. The average molecular weight is 356 g/mol. The number of H-pyrrole nitrogens is 1. The molecule has 1 amide bonds. The molecule has 0 aliphatic rings. The number of aromatic nitrogens is 2. The molecule has 3 rings (SSSR count). The minimum atomic E-state index is -0.812. The minimum absolute atomic E-state index is 0.140. The Morgan fingerprint density at radius 2 is 2.08 bits per heavy atom. The van der Waals surface area contributed by atoms with Crippen molar-refractivity contribution < 1.29 is 14.1 Å². The van der Waals surface area contributed by atoms with E-state index in [-0.39, 0.29) is 23.5 Å². The summed E-state index contributed by atoms with van der Waals surface area (Å²) in [7, 11) is 0. The molecule has 10 heteroatoms. The van der Waals surface area contributed by atoms with Crippen molar-refractivity contribution in [2.75, 3.05) is 5.32 Å². The number of nitrogens with zero attached hydrogens (tertiary/aromatic N) is 2. The molecule has 10 nitrogen and oxygen atoms in total. The summed E-state index contributed by atoms with van der Waals surface area (Å²) in [6.07, 6.45) is 2.39. The summed E-state index contributed by atoms with van der Waals surface area (Å²) in [4.78, 5) is 49.2. The standard InChI is InChI=1S/C16H12N4O6/c21-14(18-10-3-1-4-11(7-10)20(24)25)13-8-17-16(23)19(15(13)22)9-12-5-2-6-26-12/h1-8H,9H2,(H,17,23)(H,18,21). The molecule has 0 aliphatic heterocycles. The monoisotopic (exact) mass is 356 g/mol. The topological polar surface area (TPSA) is 140 Å². The van der Waals surface area contributed by atoms with E-state index < -0.39 is 22.1 Å². The van der Waals surface area contributed by atoms with Gasteiger partial charge in [0, 0.05) is 24.0 Å². The van der Waals surface area contributed by atoms with Gasteiger partial charge in [0.15, 0.2) is 0 Å². The number of benzene rings is 1. The van der Waals surface area contributed by atoms with E-state index in [2.05, 4.69) is 10.3 Å². The first-order chi connectivity index (χ1) is 12.5. The number of carbonyl (C=O) groups is 1. The van der Waals surface area contributed by atoms with Crippen LogP contribution in [0.1, 0.15) is 16.1 Å². The van der Waals surface area contributed by atoms with E-state index in [0.29, 0.717) is 5.76 Å². The number of rotatable bonds is 5. The van der Waals surface area contributed by atoms with E-state index >= 15 is 0 Å². The van der Waals surface area contributed by atoms with Gasteiger partial charge in [-0.3, -0.25) is 24.3 Å². The first-order valence-electron chi connectivity index (χ1n) is 7.36. The predicted molar refractivity (Wildman–Crippen MR) is 90.2 cm³/mol. The Morgan fingerprint density at radius 3 is 2.77 bits per heavy atom. The van der Waals surface area contributed by atoms with E-state index in [1.807, 2.05) is 0 Å². The number of anilines is 1. The summed E-state index contributed by atoms with van der Waals surface area (Å²) < 4.78 is 5.92. The highest BCUT2D eigenvalue weighted by molar-refractivity contribution is 6.03. The van der Waals surface area contributed by atoms with Crippen LogP contribution in [-0.4, -0.2) is 20.4 Å². The lowest BCUT2D eigenvalue weighted by Gasteiger charge is -2.07. The van der Waals surface area contributed by atoms with Gasteiger partial charge < -0.3 is 14.7 Å². The van der Waals surface area contributed by atoms with Crippen LogP contribution in [0.4, 0.5) is 11.4 Å². The normalized spacial score (nSPS) is 10.5. The maximum atomic E-state index is 12.5. The van der Waals surface area contributed by atoms with Crippen LogP contribution in [0.15, 0.2) is 62.9 Å². The molecule has 3 aromatic rings. The number of amides is 1. The van der Waals surface area contributed by atoms with Crippen LogP contribution in [0.2, 0.25) is 0 Å². The van der Waals surface area contributed by atoms with E-state index in [1.165, 1.54) is 24.5 Å². The van der Waals surface area contributed by atoms with Gasteiger partial charge in [-0.1, -0.05) is 6.07 Å². The largest absolute Gasteiger partial charge is 0.467 e. The summed E-state index contributed by atoms with van der Waals surface area (Å²) in [5.74, 6) is -0.436. The fourth-order valence-electron chi connectivity index (χ4n) is 2.27. The van der Waals surface area contributed by atoms with Crippen molar-refractivity contribution in [1.29, 1.82) is 0 Å². The van der Waals surface area contributed by atoms with Crippen LogP contribution in [0, 0.1) is 10.1 Å². The third kappa shape index (κ3) is 3.43. The van der Waals surface area contributed by atoms with Gasteiger partial charge in [0.1, 0.15) is 11.3 Å². The molecule has 132 valence electrons. The van der Waals surface area contributed by atoms with Crippen molar-refractivity contribution in [3.8, 4) is 0 Å². The van der Waals surface area contributed by atoms with Crippen LogP contribution in [0.5, 0.6) is 0 Å². The third-order valence-corrected chi connectivity index (χ3v) is 3.51. The summed E-state index contributed by atoms with van der Waals surface area (Å²) in [6.45, 7) is -0.140. The number of non-ortho nitro benzene ring substituents is 1. The molecule has 0 bridgehead atoms. The van der Waals surface area contributed by atoms with Crippen LogP contribution in [-0.2, 0) is 6.54 Å². The molecule has 0 spiro atoms. The molecule has 2 heterocycles. The summed E-state index contributed by atoms with van der Waals surface area (Å²) in [5, 5.41) is 13.2. The summed E-state index contributed by atoms with van der Waals surface area (Å²) in [6, 6.07) is 8.46. The molecule has 0 radical (unpaired) electrons. The number of furan rings is 1. The van der Waals surface area contributed by atoms with Gasteiger partial charge in [0.25, 0.3) is 17.2 Å². The second kappa shape index (κ2) is 6.89. The quantitative estimate of drug-likeness (QED) is 0.522. The van der Waals surface area contributed by atoms with Gasteiger partial charge in [-0.15, -0.1) is 0 Å². The molecular weight excluding hydrogens is 344 g/mol. The highest BCUT2D eigenvalue weighted by Gasteiger charge is 2.16. The smallest absolute Gasteiger partial charge is 0.328 e. The molecule has 2 N–H and O–H groups in total. The van der Waals surface area contributed by atoms with Gasteiger partial charge in [-0.05, 0) is 18.2 Å². The first kappa shape index (κ1) is 16.9. The first-order valence-corrected chi connectivity index (χ1v) is 7.36. The highest BCUT2D eigenvalue weighted by atomic mass is 16.6. The molecule has 0 atom stereocenters. The van der Waals surface area contributed by atoms with Crippen molar-refractivity contribution in [2.45, 2.75) is 6.54 Å². The Labute approximate surface area is 144 Å². The van der Waals surface area contributed by atoms with Crippen molar-refractivity contribution in [3.63, 3.8) is 0 Å². The number of aromatic amines is 1. The van der Waals surface area contributed by atoms with Crippen LogP contribution >= 0.6 is 0 Å². The second-order valence-corrected chi connectivity index (χ2v) is 5.24. The number of hydrogen-bond donors (Lipinski definition) is 2. The van der Waals surface area contributed by atoms with Gasteiger partial charge in [0.05, 0.1) is 17.7 Å². The highest BCUT2D eigenvalue weighted by Crippen LogP contribution is 2.17. The maximum Gasteiger partial charge on any atom is 0.328 e. The lowest BCUT2D eigenvalue weighted by atomic mass is 10.2. The zero-order valence-electron chi connectivity index (χ0n) is 13.2. The minimum Gasteiger partial charge on any atom is -0.467 e. The number of hydrogen-bond acceptors (Lipinski definition) is 6. The Kier molecular flexibility index (Phi) is 4.48. The molecule has 2 aromatic heterocycles. The van der Waals surface area contributed by atoms with Crippen molar-refractivity contribution in [2.24, 2.45) is 0 Å². The van der Waals surface area contributed by atoms with Gasteiger partial charge in [-0.25, -0.2) is 4.79 Å². The Hall–Kier alpha value is -3.95. The van der Waals surface area contributed by atoms with E-state index in [4.69, 9.17) is 4.42 Å². The second-order valence-electron chi connectivity index (χ2n) is 5.24. The summed E-state index contributed by atoms with van der Waals surface area (Å²) in [5.41, 5.74) is -1.89. The van der Waals surface area contributed by atoms with Crippen molar-refractivity contribution >= 4 is 17.3 Å². The predicted octanol–water partition coefficient (Wildman–Crippen LogP) is 1.34. The Bertz CT molecular complexity index is 1080. The van der Waals surface area contributed by atoms with Crippen molar-refractivity contribution in [3.05, 3.63) is 91.1 Å². The SMILES string of the molecule is O=C(Nc1cccc([N+](=O)[O-])c1)c1c[nH]c(=O)n(Cc2ccco2)c1=O. The molecule has 0 aliphatic carbocycles. The Morgan fingerprint density at radius 1 is 1.27 bits per heavy atom. The molecule has 0 saturated carbocycles. The van der Waals surface area contributed by atoms with E-state index in [0.717, 1.165) is 16.8 Å². The lowest BCUT2D eigenvalue weighted by molar-refractivity contribution is -0.384. The fraction of sp³-hybridized carbons (Fsp3) is 0.0625. The zero-order chi connectivity index (χ0) is 18.7. The van der Waals surface area contributed by atoms with Crippen LogP contribution < -0.4 is 16.6 Å². The number of carbonyl (C=O) groups excluding carboxylic acids is 1. The van der Waals surface area contributed by atoms with E-state index in [1.54, 1.807) is 12.1 Å².